The molecule has 0 radical (unpaired) electrons. The van der Waals surface area contributed by atoms with E-state index in [1.807, 2.05) is 56.9 Å². The van der Waals surface area contributed by atoms with Crippen molar-refractivity contribution in [1.29, 1.82) is 0 Å². The first kappa shape index (κ1) is 18.4. The number of hydrogen-bond acceptors (Lipinski definition) is 4. The number of nitrogens with one attached hydrogen (secondary N) is 1. The van der Waals surface area contributed by atoms with Crippen LogP contribution in [0.2, 0.25) is 0 Å². The molecule has 24 heavy (non-hydrogen) atoms. The topological polar surface area (TPSA) is 50.8 Å². The average molecular weight is 334 g/mol. The number of benzene rings is 1. The molecule has 1 aromatic rings. The molecule has 1 aromatic carbocycles. The van der Waals surface area contributed by atoms with Crippen molar-refractivity contribution in [3.8, 4) is 5.75 Å². The largest absolute Gasteiger partial charge is 0.492 e. The second kappa shape index (κ2) is 8.27. The van der Waals surface area contributed by atoms with Crippen LogP contribution in [0.15, 0.2) is 24.3 Å². The third kappa shape index (κ3) is 5.62. The number of nitrogens with zero attached hydrogens (tertiary/aromatic N) is 1. The van der Waals surface area contributed by atoms with Gasteiger partial charge < -0.3 is 19.7 Å². The molecule has 1 aliphatic heterocycles. The molecule has 5 nitrogen and oxygen atoms in total. The molecule has 1 saturated heterocycles. The van der Waals surface area contributed by atoms with Gasteiger partial charge in [-0.25, -0.2) is 4.79 Å². The highest BCUT2D eigenvalue weighted by molar-refractivity contribution is 5.68. The Morgan fingerprint density at radius 1 is 1.33 bits per heavy atom. The lowest BCUT2D eigenvalue weighted by atomic mass is 9.98. The van der Waals surface area contributed by atoms with E-state index in [0.29, 0.717) is 12.5 Å². The Morgan fingerprint density at radius 3 is 2.79 bits per heavy atom. The molecule has 1 fully saturated rings. The van der Waals surface area contributed by atoms with Crippen LogP contribution in [0.4, 0.5) is 10.5 Å². The Morgan fingerprint density at radius 2 is 2.08 bits per heavy atom. The fourth-order valence-corrected chi connectivity index (χ4v) is 2.87. The van der Waals surface area contributed by atoms with Crippen molar-refractivity contribution in [2.45, 2.75) is 46.1 Å². The Balaban J connectivity index is 1.88. The molecule has 0 aliphatic carbocycles. The summed E-state index contributed by atoms with van der Waals surface area (Å²) in [4.78, 5) is 14.1. The van der Waals surface area contributed by atoms with Crippen molar-refractivity contribution >= 4 is 11.8 Å². The van der Waals surface area contributed by atoms with Gasteiger partial charge in [-0.1, -0.05) is 12.1 Å². The van der Waals surface area contributed by atoms with Crippen LogP contribution in [0.5, 0.6) is 5.75 Å². The molecular formula is C19H30N2O3. The minimum absolute atomic E-state index is 0.207. The van der Waals surface area contributed by atoms with Crippen LogP contribution in [0.3, 0.4) is 0 Å². The fourth-order valence-electron chi connectivity index (χ4n) is 2.87. The molecule has 0 spiro atoms. The average Bonchev–Trinajstić information content (AvgIpc) is 2.53. The van der Waals surface area contributed by atoms with Crippen molar-refractivity contribution in [3.05, 3.63) is 24.3 Å². The summed E-state index contributed by atoms with van der Waals surface area (Å²) >= 11 is 0. The van der Waals surface area contributed by atoms with E-state index in [-0.39, 0.29) is 6.09 Å². The summed E-state index contributed by atoms with van der Waals surface area (Å²) in [7, 11) is 0. The van der Waals surface area contributed by atoms with E-state index >= 15 is 0 Å². The van der Waals surface area contributed by atoms with E-state index in [1.165, 1.54) is 0 Å². The van der Waals surface area contributed by atoms with Gasteiger partial charge in [-0.15, -0.1) is 0 Å². The first-order valence-electron chi connectivity index (χ1n) is 8.82. The van der Waals surface area contributed by atoms with Crippen LogP contribution in [-0.4, -0.2) is 42.8 Å². The minimum atomic E-state index is -0.446. The van der Waals surface area contributed by atoms with Crippen molar-refractivity contribution < 1.29 is 14.3 Å². The summed E-state index contributed by atoms with van der Waals surface area (Å²) in [6.07, 6.45) is 1.92. The SMILES string of the molecule is CCOc1ccccc1NCC1CCCN(C(=O)OC(C)(C)C)C1. The zero-order valence-corrected chi connectivity index (χ0v) is 15.3. The third-order valence-corrected chi connectivity index (χ3v) is 3.94. The lowest BCUT2D eigenvalue weighted by Gasteiger charge is -2.34. The number of piperidine rings is 1. The predicted molar refractivity (Wildman–Crippen MR) is 96.6 cm³/mol. The van der Waals surface area contributed by atoms with E-state index in [2.05, 4.69) is 5.32 Å². The summed E-state index contributed by atoms with van der Waals surface area (Å²) in [5.74, 6) is 1.29. The van der Waals surface area contributed by atoms with E-state index in [4.69, 9.17) is 9.47 Å². The molecule has 134 valence electrons. The second-order valence-corrected chi connectivity index (χ2v) is 7.24. The molecule has 1 unspecified atom stereocenters. The standard InChI is InChI=1S/C19H30N2O3/c1-5-23-17-11-7-6-10-16(17)20-13-15-9-8-12-21(14-15)18(22)24-19(2,3)4/h6-7,10-11,15,20H,5,8-9,12-14H2,1-4H3. The monoisotopic (exact) mass is 334 g/mol. The molecule has 1 amide bonds. The maximum absolute atomic E-state index is 12.2. The maximum Gasteiger partial charge on any atom is 0.410 e. The van der Waals surface area contributed by atoms with Gasteiger partial charge in [0.05, 0.1) is 12.3 Å². The van der Waals surface area contributed by atoms with Crippen molar-refractivity contribution in [2.75, 3.05) is 31.6 Å². The minimum Gasteiger partial charge on any atom is -0.492 e. The van der Waals surface area contributed by atoms with Gasteiger partial charge in [0.25, 0.3) is 0 Å². The van der Waals surface area contributed by atoms with Gasteiger partial charge in [0.2, 0.25) is 0 Å². The van der Waals surface area contributed by atoms with Gasteiger partial charge in [-0.05, 0) is 58.6 Å². The molecule has 0 bridgehead atoms. The second-order valence-electron chi connectivity index (χ2n) is 7.24. The number of hydrogen-bond donors (Lipinski definition) is 1. The summed E-state index contributed by atoms with van der Waals surface area (Å²) in [6.45, 7) is 10.7. The Labute approximate surface area is 145 Å². The number of rotatable bonds is 5. The van der Waals surface area contributed by atoms with Crippen molar-refractivity contribution in [3.63, 3.8) is 0 Å². The highest BCUT2D eigenvalue weighted by Gasteiger charge is 2.27. The highest BCUT2D eigenvalue weighted by atomic mass is 16.6. The summed E-state index contributed by atoms with van der Waals surface area (Å²) in [6, 6.07) is 7.97. The molecule has 0 saturated carbocycles. The molecule has 1 aliphatic rings. The number of carbonyl (C=O) groups excluding carboxylic acids is 1. The van der Waals surface area contributed by atoms with Crippen LogP contribution in [0.25, 0.3) is 0 Å². The van der Waals surface area contributed by atoms with Gasteiger partial charge in [-0.3, -0.25) is 0 Å². The normalized spacial score (nSPS) is 18.2. The fraction of sp³-hybridized carbons (Fsp3) is 0.632. The zero-order chi connectivity index (χ0) is 17.6. The number of para-hydroxylation sites is 2. The van der Waals surface area contributed by atoms with Crippen LogP contribution in [0, 0.1) is 5.92 Å². The van der Waals surface area contributed by atoms with Gasteiger partial charge in [0, 0.05) is 19.6 Å². The number of carbonyl (C=O) groups is 1. The molecule has 1 N–H and O–H groups in total. The van der Waals surface area contributed by atoms with Crippen molar-refractivity contribution in [2.24, 2.45) is 5.92 Å². The van der Waals surface area contributed by atoms with Crippen LogP contribution >= 0.6 is 0 Å². The van der Waals surface area contributed by atoms with Gasteiger partial charge in [-0.2, -0.15) is 0 Å². The lowest BCUT2D eigenvalue weighted by Crippen LogP contribution is -2.44. The number of likely N-dealkylation sites (tertiary alicyclic amines) is 1. The summed E-state index contributed by atoms with van der Waals surface area (Å²) in [5.41, 5.74) is 0.562. The Hall–Kier alpha value is -1.91. The number of amides is 1. The van der Waals surface area contributed by atoms with Gasteiger partial charge in [0.15, 0.2) is 0 Å². The number of ether oxygens (including phenoxy) is 2. The molecule has 1 heterocycles. The van der Waals surface area contributed by atoms with Crippen LogP contribution < -0.4 is 10.1 Å². The quantitative estimate of drug-likeness (QED) is 0.879. The molecule has 2 rings (SSSR count). The predicted octanol–water partition coefficient (Wildman–Crippen LogP) is 4.14. The molecule has 0 aromatic heterocycles. The van der Waals surface area contributed by atoms with E-state index in [1.54, 1.807) is 0 Å². The smallest absolute Gasteiger partial charge is 0.410 e. The van der Waals surface area contributed by atoms with E-state index < -0.39 is 5.60 Å². The van der Waals surface area contributed by atoms with Gasteiger partial charge in [0.1, 0.15) is 11.4 Å². The molecule has 1 atom stereocenters. The Kier molecular flexibility index (Phi) is 6.35. The van der Waals surface area contributed by atoms with Crippen molar-refractivity contribution in [1.82, 2.24) is 4.90 Å². The maximum atomic E-state index is 12.2. The van der Waals surface area contributed by atoms with Gasteiger partial charge >= 0.3 is 6.09 Å². The summed E-state index contributed by atoms with van der Waals surface area (Å²) in [5, 5.41) is 3.47. The Bertz CT molecular complexity index is 540. The molecule has 5 heteroatoms. The molecular weight excluding hydrogens is 304 g/mol. The lowest BCUT2D eigenvalue weighted by molar-refractivity contribution is 0.0172. The highest BCUT2D eigenvalue weighted by Crippen LogP contribution is 2.25. The summed E-state index contributed by atoms with van der Waals surface area (Å²) < 4.78 is 11.1. The van der Waals surface area contributed by atoms with Crippen LogP contribution in [-0.2, 0) is 4.74 Å². The van der Waals surface area contributed by atoms with Crippen LogP contribution in [0.1, 0.15) is 40.5 Å². The first-order chi connectivity index (χ1) is 11.4. The van der Waals surface area contributed by atoms with E-state index in [9.17, 15) is 4.79 Å². The number of anilines is 1. The first-order valence-corrected chi connectivity index (χ1v) is 8.82. The third-order valence-electron chi connectivity index (χ3n) is 3.94. The van der Waals surface area contributed by atoms with E-state index in [0.717, 1.165) is 43.9 Å². The zero-order valence-electron chi connectivity index (χ0n) is 15.3.